The van der Waals surface area contributed by atoms with Gasteiger partial charge in [-0.2, -0.15) is 0 Å². The van der Waals surface area contributed by atoms with Gasteiger partial charge in [0.25, 0.3) is 5.56 Å². The van der Waals surface area contributed by atoms with Crippen molar-refractivity contribution in [1.82, 2.24) is 24.5 Å². The molecule has 0 fully saturated rings. The fourth-order valence-corrected chi connectivity index (χ4v) is 4.02. The zero-order chi connectivity index (χ0) is 26.2. The first-order chi connectivity index (χ1) is 17.0. The van der Waals surface area contributed by atoms with Crippen molar-refractivity contribution in [3.05, 3.63) is 92.1 Å². The van der Waals surface area contributed by atoms with Gasteiger partial charge in [-0.05, 0) is 70.4 Å². The second kappa shape index (κ2) is 9.79. The molecule has 4 aromatic heterocycles. The lowest BCUT2D eigenvalue weighted by Crippen LogP contribution is -2.23. The number of ether oxygens (including phenoxy) is 1. The van der Waals surface area contributed by atoms with Crippen LogP contribution in [0.2, 0.25) is 5.02 Å². The Morgan fingerprint density at radius 1 is 1.00 bits per heavy atom. The summed E-state index contributed by atoms with van der Waals surface area (Å²) in [6, 6.07) is 5.51. The lowest BCUT2D eigenvalue weighted by molar-refractivity contribution is 0.0688. The van der Waals surface area contributed by atoms with Gasteiger partial charge < -0.3 is 9.84 Å². The maximum Gasteiger partial charge on any atom is 0.277 e. The largest absolute Gasteiger partial charge is 0.487 e. The Labute approximate surface area is 214 Å². The summed E-state index contributed by atoms with van der Waals surface area (Å²) in [5.74, 6) is 0.596. The monoisotopic (exact) mass is 505 g/mol. The van der Waals surface area contributed by atoms with Gasteiger partial charge in [0.1, 0.15) is 23.0 Å². The summed E-state index contributed by atoms with van der Waals surface area (Å²) in [5.41, 5.74) is 4.28. The van der Waals surface area contributed by atoms with E-state index >= 15 is 0 Å². The summed E-state index contributed by atoms with van der Waals surface area (Å²) < 4.78 is 7.42. The molecule has 0 aliphatic rings. The van der Waals surface area contributed by atoms with Gasteiger partial charge in [0.2, 0.25) is 0 Å². The number of hydrogen-bond acceptors (Lipinski definition) is 7. The smallest absolute Gasteiger partial charge is 0.277 e. The Bertz CT molecular complexity index is 1510. The lowest BCUT2D eigenvalue weighted by atomic mass is 10.1. The molecule has 186 valence electrons. The molecule has 4 aromatic rings. The Hall–Kier alpha value is -3.62. The first kappa shape index (κ1) is 25.5. The van der Waals surface area contributed by atoms with Crippen LogP contribution in [-0.2, 0) is 12.2 Å². The first-order valence-corrected chi connectivity index (χ1v) is 11.8. The minimum Gasteiger partial charge on any atom is -0.487 e. The molecule has 9 heteroatoms. The van der Waals surface area contributed by atoms with Gasteiger partial charge in [-0.25, -0.2) is 9.97 Å². The number of hydrogen-bond donors (Lipinski definition) is 1. The number of aliphatic hydroxyl groups is 1. The molecular weight excluding hydrogens is 478 g/mol. The summed E-state index contributed by atoms with van der Waals surface area (Å²) >= 11 is 6.49. The van der Waals surface area contributed by atoms with Crippen molar-refractivity contribution in [2.75, 3.05) is 0 Å². The molecule has 1 N–H and O–H groups in total. The molecule has 4 heterocycles. The van der Waals surface area contributed by atoms with Gasteiger partial charge in [-0.15, -0.1) is 0 Å². The molecule has 36 heavy (non-hydrogen) atoms. The standard InChI is InChI=1S/C27H28ClN5O3/c1-15-7-19(13-29-10-15)14-36-22-8-18(4)33(25(34)23(22)28)21-9-20(30-11-16(21)2)24-17(3)12-31-26(32-24)27(5,6)35/h7-13,35H,14H2,1-6H3. The van der Waals surface area contributed by atoms with Crippen molar-refractivity contribution in [3.8, 4) is 22.8 Å². The molecule has 0 aromatic carbocycles. The highest BCUT2D eigenvalue weighted by Crippen LogP contribution is 2.28. The highest BCUT2D eigenvalue weighted by Gasteiger charge is 2.22. The van der Waals surface area contributed by atoms with E-state index in [9.17, 15) is 9.90 Å². The van der Waals surface area contributed by atoms with Gasteiger partial charge >= 0.3 is 0 Å². The van der Waals surface area contributed by atoms with E-state index in [4.69, 9.17) is 16.3 Å². The molecule has 0 aliphatic carbocycles. The van der Waals surface area contributed by atoms with E-state index in [0.29, 0.717) is 28.5 Å². The number of nitrogens with zero attached hydrogens (tertiary/aromatic N) is 5. The third kappa shape index (κ3) is 5.15. The van der Waals surface area contributed by atoms with E-state index in [2.05, 4.69) is 19.9 Å². The Morgan fingerprint density at radius 3 is 2.42 bits per heavy atom. The Balaban J connectivity index is 1.75. The van der Waals surface area contributed by atoms with E-state index < -0.39 is 11.2 Å². The van der Waals surface area contributed by atoms with Gasteiger partial charge in [0, 0.05) is 42.1 Å². The van der Waals surface area contributed by atoms with Crippen LogP contribution < -0.4 is 10.3 Å². The van der Waals surface area contributed by atoms with Crippen molar-refractivity contribution in [2.45, 2.75) is 53.8 Å². The molecule has 0 amide bonds. The Morgan fingerprint density at radius 2 is 1.72 bits per heavy atom. The molecular formula is C27H28ClN5O3. The molecule has 0 spiro atoms. The van der Waals surface area contributed by atoms with Crippen LogP contribution in [0.4, 0.5) is 0 Å². The van der Waals surface area contributed by atoms with Crippen molar-refractivity contribution in [1.29, 1.82) is 0 Å². The van der Waals surface area contributed by atoms with Crippen LogP contribution in [0.5, 0.6) is 5.75 Å². The highest BCUT2D eigenvalue weighted by molar-refractivity contribution is 6.31. The summed E-state index contributed by atoms with van der Waals surface area (Å²) in [4.78, 5) is 30.9. The summed E-state index contributed by atoms with van der Waals surface area (Å²) in [6.07, 6.45) is 6.82. The van der Waals surface area contributed by atoms with Crippen LogP contribution in [0.1, 0.15) is 47.6 Å². The number of rotatable bonds is 6. The van der Waals surface area contributed by atoms with E-state index in [1.54, 1.807) is 50.8 Å². The fourth-order valence-electron chi connectivity index (χ4n) is 3.82. The van der Waals surface area contributed by atoms with Gasteiger partial charge in [-0.1, -0.05) is 11.6 Å². The van der Waals surface area contributed by atoms with E-state index in [0.717, 1.165) is 22.3 Å². The zero-order valence-electron chi connectivity index (χ0n) is 21.1. The molecule has 0 atom stereocenters. The van der Waals surface area contributed by atoms with Crippen LogP contribution in [0.3, 0.4) is 0 Å². The van der Waals surface area contributed by atoms with Crippen LogP contribution in [0, 0.1) is 27.7 Å². The minimum atomic E-state index is -1.21. The molecule has 0 saturated heterocycles. The second-order valence-corrected chi connectivity index (χ2v) is 9.78. The molecule has 0 unspecified atom stereocenters. The number of pyridine rings is 3. The van der Waals surface area contributed by atoms with Crippen LogP contribution in [-0.4, -0.2) is 29.6 Å². The van der Waals surface area contributed by atoms with E-state index in [1.807, 2.05) is 33.8 Å². The molecule has 0 bridgehead atoms. The highest BCUT2D eigenvalue weighted by atomic mass is 35.5. The Kier molecular flexibility index (Phi) is 6.93. The van der Waals surface area contributed by atoms with Crippen LogP contribution >= 0.6 is 11.6 Å². The van der Waals surface area contributed by atoms with Crippen molar-refractivity contribution < 1.29 is 9.84 Å². The average molecular weight is 506 g/mol. The van der Waals surface area contributed by atoms with Gasteiger partial charge in [0.15, 0.2) is 5.82 Å². The van der Waals surface area contributed by atoms with Crippen molar-refractivity contribution in [2.24, 2.45) is 0 Å². The number of aryl methyl sites for hydroxylation is 4. The predicted molar refractivity (Wildman–Crippen MR) is 139 cm³/mol. The second-order valence-electron chi connectivity index (χ2n) is 9.40. The van der Waals surface area contributed by atoms with Crippen LogP contribution in [0.15, 0.2) is 47.8 Å². The third-order valence-electron chi connectivity index (χ3n) is 5.70. The van der Waals surface area contributed by atoms with E-state index in [-0.39, 0.29) is 17.5 Å². The van der Waals surface area contributed by atoms with Gasteiger partial charge in [-0.3, -0.25) is 19.3 Å². The number of aromatic nitrogens is 5. The fraction of sp³-hybridized carbons (Fsp3) is 0.296. The quantitative estimate of drug-likeness (QED) is 0.402. The summed E-state index contributed by atoms with van der Waals surface area (Å²) in [5, 5.41) is 10.4. The minimum absolute atomic E-state index is 0.0125. The molecule has 8 nitrogen and oxygen atoms in total. The topological polar surface area (TPSA) is 103 Å². The van der Waals surface area contributed by atoms with E-state index in [1.165, 1.54) is 4.57 Å². The molecule has 0 aliphatic heterocycles. The predicted octanol–water partition coefficient (Wildman–Crippen LogP) is 4.78. The van der Waals surface area contributed by atoms with Gasteiger partial charge in [0.05, 0.1) is 17.1 Å². The summed E-state index contributed by atoms with van der Waals surface area (Å²) in [6.45, 7) is 11.0. The SMILES string of the molecule is Cc1cncc(COc2cc(C)n(-c3cc(-c4nc(C(C)(C)O)ncc4C)ncc3C)c(=O)c2Cl)c1. The van der Waals surface area contributed by atoms with Crippen molar-refractivity contribution >= 4 is 11.6 Å². The zero-order valence-corrected chi connectivity index (χ0v) is 21.9. The maximum atomic E-state index is 13.4. The van der Waals surface area contributed by atoms with Crippen molar-refractivity contribution in [3.63, 3.8) is 0 Å². The average Bonchev–Trinajstić information content (AvgIpc) is 2.81. The number of halogens is 1. The third-order valence-corrected chi connectivity index (χ3v) is 6.05. The first-order valence-electron chi connectivity index (χ1n) is 11.4. The van der Waals surface area contributed by atoms with Crippen LogP contribution in [0.25, 0.3) is 17.1 Å². The normalized spacial score (nSPS) is 11.6. The lowest BCUT2D eigenvalue weighted by Gasteiger charge is -2.18. The summed E-state index contributed by atoms with van der Waals surface area (Å²) in [7, 11) is 0. The maximum absolute atomic E-state index is 13.4. The molecule has 0 saturated carbocycles. The molecule has 4 rings (SSSR count). The molecule has 0 radical (unpaired) electrons.